The molecule has 0 aliphatic heterocycles. The number of rotatable bonds is 5. The molecule has 4 nitrogen and oxygen atoms in total. The monoisotopic (exact) mass is 427 g/mol. The van der Waals surface area contributed by atoms with Crippen LogP contribution in [0.15, 0.2) is 89.3 Å². The molecule has 1 aromatic heterocycles. The van der Waals surface area contributed by atoms with Crippen LogP contribution in [-0.4, -0.2) is 16.1 Å². The maximum absolute atomic E-state index is 12.6. The number of aromatic nitrogens is 2. The fraction of sp³-hybridized carbons (Fsp3) is 0.0417. The molecule has 0 aliphatic rings. The second-order valence-electron chi connectivity index (χ2n) is 6.82. The van der Waals surface area contributed by atoms with Gasteiger partial charge in [0.25, 0.3) is 5.91 Å². The lowest BCUT2D eigenvalue weighted by Crippen LogP contribution is -2.11. The molecular formula is C24H17N3OS2. The standard InChI is InChI=1S/C24H17N3OS2/c28-22(19-13-12-16-6-1-2-8-18(16)14-19)25-23-26-27-24(30-23)29-15-20-10-5-9-17-7-3-4-11-21(17)20/h1-14H,15H2,(H,25,26,28). The van der Waals surface area contributed by atoms with Gasteiger partial charge in [0.1, 0.15) is 0 Å². The van der Waals surface area contributed by atoms with Crippen LogP contribution in [-0.2, 0) is 5.75 Å². The third-order valence-electron chi connectivity index (χ3n) is 4.87. The van der Waals surface area contributed by atoms with Crippen molar-refractivity contribution in [2.24, 2.45) is 0 Å². The maximum Gasteiger partial charge on any atom is 0.257 e. The Hall–Kier alpha value is -3.22. The lowest BCUT2D eigenvalue weighted by atomic mass is 10.1. The van der Waals surface area contributed by atoms with Gasteiger partial charge in [-0.15, -0.1) is 10.2 Å². The lowest BCUT2D eigenvalue weighted by molar-refractivity contribution is 0.102. The van der Waals surface area contributed by atoms with Gasteiger partial charge in [0.15, 0.2) is 4.34 Å². The van der Waals surface area contributed by atoms with Crippen LogP contribution >= 0.6 is 23.1 Å². The largest absolute Gasteiger partial charge is 0.296 e. The van der Waals surface area contributed by atoms with E-state index in [0.29, 0.717) is 10.7 Å². The zero-order valence-electron chi connectivity index (χ0n) is 15.9. The average molecular weight is 428 g/mol. The highest BCUT2D eigenvalue weighted by atomic mass is 32.2. The summed E-state index contributed by atoms with van der Waals surface area (Å²) in [5, 5.41) is 16.4. The number of amides is 1. The summed E-state index contributed by atoms with van der Waals surface area (Å²) in [6, 6.07) is 28.4. The Kier molecular flexibility index (Phi) is 5.17. The van der Waals surface area contributed by atoms with Crippen LogP contribution in [0.4, 0.5) is 5.13 Å². The van der Waals surface area contributed by atoms with Gasteiger partial charge in [0, 0.05) is 11.3 Å². The number of thioether (sulfide) groups is 1. The summed E-state index contributed by atoms with van der Waals surface area (Å²) in [5.41, 5.74) is 1.86. The minimum Gasteiger partial charge on any atom is -0.296 e. The highest BCUT2D eigenvalue weighted by Gasteiger charge is 2.12. The van der Waals surface area contributed by atoms with E-state index in [1.807, 2.05) is 42.5 Å². The molecule has 0 aliphatic carbocycles. The van der Waals surface area contributed by atoms with Gasteiger partial charge in [0.2, 0.25) is 5.13 Å². The first-order chi connectivity index (χ1) is 14.8. The Morgan fingerprint density at radius 3 is 2.50 bits per heavy atom. The summed E-state index contributed by atoms with van der Waals surface area (Å²) in [6.45, 7) is 0. The van der Waals surface area contributed by atoms with E-state index >= 15 is 0 Å². The SMILES string of the molecule is O=C(Nc1nnc(SCc2cccc3ccccc23)s1)c1ccc2ccccc2c1. The van der Waals surface area contributed by atoms with Gasteiger partial charge in [-0.25, -0.2) is 0 Å². The number of benzene rings is 4. The van der Waals surface area contributed by atoms with Crippen LogP contribution in [0, 0.1) is 0 Å². The van der Waals surface area contributed by atoms with Crippen molar-refractivity contribution >= 4 is 55.7 Å². The van der Waals surface area contributed by atoms with Crippen molar-refractivity contribution in [1.82, 2.24) is 10.2 Å². The topological polar surface area (TPSA) is 54.9 Å². The third kappa shape index (κ3) is 3.92. The first-order valence-electron chi connectivity index (χ1n) is 9.49. The number of nitrogens with one attached hydrogen (secondary N) is 1. The zero-order chi connectivity index (χ0) is 20.3. The summed E-state index contributed by atoms with van der Waals surface area (Å²) >= 11 is 3.02. The van der Waals surface area contributed by atoms with E-state index in [9.17, 15) is 4.79 Å². The van der Waals surface area contributed by atoms with E-state index in [4.69, 9.17) is 0 Å². The number of nitrogens with zero attached hydrogens (tertiary/aromatic N) is 2. The predicted octanol–water partition coefficient (Wildman–Crippen LogP) is 6.39. The Labute approximate surface area is 182 Å². The number of carbonyl (C=O) groups excluding carboxylic acids is 1. The van der Waals surface area contributed by atoms with Crippen molar-refractivity contribution < 1.29 is 4.79 Å². The molecule has 0 atom stereocenters. The Morgan fingerprint density at radius 1 is 0.833 bits per heavy atom. The number of hydrogen-bond donors (Lipinski definition) is 1. The highest BCUT2D eigenvalue weighted by Crippen LogP contribution is 2.31. The minimum absolute atomic E-state index is 0.178. The average Bonchev–Trinajstić information content (AvgIpc) is 3.24. The molecule has 0 fully saturated rings. The highest BCUT2D eigenvalue weighted by molar-refractivity contribution is 8.00. The van der Waals surface area contributed by atoms with Gasteiger partial charge < -0.3 is 0 Å². The van der Waals surface area contributed by atoms with Crippen molar-refractivity contribution in [2.45, 2.75) is 10.1 Å². The van der Waals surface area contributed by atoms with E-state index in [0.717, 1.165) is 20.9 Å². The molecule has 6 heteroatoms. The first kappa shape index (κ1) is 18.8. The zero-order valence-corrected chi connectivity index (χ0v) is 17.5. The summed E-state index contributed by atoms with van der Waals surface area (Å²) in [5.74, 6) is 0.622. The molecule has 0 saturated heterocycles. The molecule has 146 valence electrons. The molecular weight excluding hydrogens is 410 g/mol. The van der Waals surface area contributed by atoms with Gasteiger partial charge in [0.05, 0.1) is 0 Å². The van der Waals surface area contributed by atoms with E-state index in [2.05, 4.69) is 58.0 Å². The molecule has 0 saturated carbocycles. The molecule has 0 spiro atoms. The summed E-state index contributed by atoms with van der Waals surface area (Å²) in [6.07, 6.45) is 0. The van der Waals surface area contributed by atoms with Crippen LogP contribution < -0.4 is 5.32 Å². The van der Waals surface area contributed by atoms with Gasteiger partial charge in [-0.3, -0.25) is 10.1 Å². The maximum atomic E-state index is 12.6. The quantitative estimate of drug-likeness (QED) is 0.261. The fourth-order valence-corrected chi connectivity index (χ4v) is 5.13. The summed E-state index contributed by atoms with van der Waals surface area (Å²) in [7, 11) is 0. The second kappa shape index (κ2) is 8.26. The molecule has 5 rings (SSSR count). The van der Waals surface area contributed by atoms with Crippen LogP contribution in [0.25, 0.3) is 21.5 Å². The Bertz CT molecular complexity index is 1360. The number of hydrogen-bond acceptors (Lipinski definition) is 5. The van der Waals surface area contributed by atoms with Crippen LogP contribution in [0.5, 0.6) is 0 Å². The van der Waals surface area contributed by atoms with E-state index in [-0.39, 0.29) is 5.91 Å². The van der Waals surface area contributed by atoms with Crippen molar-refractivity contribution in [3.63, 3.8) is 0 Å². The molecule has 5 aromatic rings. The van der Waals surface area contributed by atoms with Crippen LogP contribution in [0.1, 0.15) is 15.9 Å². The number of anilines is 1. The van der Waals surface area contributed by atoms with Crippen LogP contribution in [0.3, 0.4) is 0 Å². The van der Waals surface area contributed by atoms with Crippen molar-refractivity contribution in [1.29, 1.82) is 0 Å². The van der Waals surface area contributed by atoms with E-state index < -0.39 is 0 Å². The van der Waals surface area contributed by atoms with E-state index in [1.165, 1.54) is 27.7 Å². The molecule has 0 unspecified atom stereocenters. The van der Waals surface area contributed by atoms with Crippen molar-refractivity contribution in [2.75, 3.05) is 5.32 Å². The van der Waals surface area contributed by atoms with Gasteiger partial charge in [-0.1, -0.05) is 95.9 Å². The predicted molar refractivity (Wildman–Crippen MR) is 125 cm³/mol. The Balaban J connectivity index is 1.27. The molecule has 0 radical (unpaired) electrons. The van der Waals surface area contributed by atoms with Crippen molar-refractivity contribution in [3.05, 3.63) is 96.1 Å². The van der Waals surface area contributed by atoms with Crippen molar-refractivity contribution in [3.8, 4) is 0 Å². The smallest absolute Gasteiger partial charge is 0.257 e. The normalized spacial score (nSPS) is 11.1. The first-order valence-corrected chi connectivity index (χ1v) is 11.3. The summed E-state index contributed by atoms with van der Waals surface area (Å²) < 4.78 is 0.830. The lowest BCUT2D eigenvalue weighted by Gasteiger charge is -2.04. The number of fused-ring (bicyclic) bond motifs is 2. The summed E-state index contributed by atoms with van der Waals surface area (Å²) in [4.78, 5) is 12.6. The van der Waals surface area contributed by atoms with Gasteiger partial charge in [-0.05, 0) is 39.2 Å². The third-order valence-corrected chi connectivity index (χ3v) is 6.89. The molecule has 4 aromatic carbocycles. The molecule has 30 heavy (non-hydrogen) atoms. The fourth-order valence-electron chi connectivity index (χ4n) is 3.38. The van der Waals surface area contributed by atoms with E-state index in [1.54, 1.807) is 11.8 Å². The molecule has 1 amide bonds. The molecule has 1 heterocycles. The second-order valence-corrected chi connectivity index (χ2v) is 9.02. The van der Waals surface area contributed by atoms with Gasteiger partial charge >= 0.3 is 0 Å². The Morgan fingerprint density at radius 2 is 1.60 bits per heavy atom. The molecule has 1 N–H and O–H groups in total. The minimum atomic E-state index is -0.178. The number of carbonyl (C=O) groups is 1. The molecule has 0 bridgehead atoms. The van der Waals surface area contributed by atoms with Gasteiger partial charge in [-0.2, -0.15) is 0 Å². The van der Waals surface area contributed by atoms with Crippen LogP contribution in [0.2, 0.25) is 0 Å².